The van der Waals surface area contributed by atoms with Crippen molar-refractivity contribution in [3.05, 3.63) is 80.4 Å². The van der Waals surface area contributed by atoms with E-state index in [1.807, 2.05) is 0 Å². The summed E-state index contributed by atoms with van der Waals surface area (Å²) in [5.41, 5.74) is 9.27. The molecule has 0 unspecified atom stereocenters. The number of aryl methyl sites for hydroxylation is 2. The van der Waals surface area contributed by atoms with Crippen molar-refractivity contribution in [1.29, 1.82) is 0 Å². The second-order valence-corrected chi connectivity index (χ2v) is 8.55. The summed E-state index contributed by atoms with van der Waals surface area (Å²) in [5, 5.41) is 13.6. The van der Waals surface area contributed by atoms with Crippen LogP contribution in [0.5, 0.6) is 23.0 Å². The summed E-state index contributed by atoms with van der Waals surface area (Å²) in [6.45, 7) is 8.72. The predicted molar refractivity (Wildman–Crippen MR) is 137 cm³/mol. The van der Waals surface area contributed by atoms with Gasteiger partial charge in [-0.1, -0.05) is 17.7 Å². The normalized spacial score (nSPS) is 10.9. The van der Waals surface area contributed by atoms with Crippen molar-refractivity contribution in [1.82, 2.24) is 5.43 Å². The molecule has 0 aliphatic rings. The van der Waals surface area contributed by atoms with Crippen molar-refractivity contribution in [2.45, 2.75) is 34.3 Å². The van der Waals surface area contributed by atoms with Crippen LogP contribution >= 0.6 is 11.6 Å². The smallest absolute Gasteiger partial charge is 0.271 e. The first kappa shape index (κ1) is 25.9. The summed E-state index contributed by atoms with van der Waals surface area (Å²) in [6.07, 6.45) is 1.47. The zero-order valence-electron chi connectivity index (χ0n) is 20.7. The molecule has 184 valence electrons. The van der Waals surface area contributed by atoms with E-state index in [1.54, 1.807) is 19.2 Å². The lowest BCUT2D eigenvalue weighted by Crippen LogP contribution is -2.17. The molecule has 0 spiro atoms. The van der Waals surface area contributed by atoms with Crippen LogP contribution < -0.4 is 19.6 Å². The monoisotopic (exact) mass is 496 g/mol. The van der Waals surface area contributed by atoms with Gasteiger partial charge in [0.25, 0.3) is 5.91 Å². The molecule has 3 rings (SSSR count). The Kier molecular flexibility index (Phi) is 8.25. The Hall–Kier alpha value is -3.71. The van der Waals surface area contributed by atoms with Crippen LogP contribution in [0, 0.1) is 27.7 Å². The molecule has 0 heterocycles. The molecule has 0 saturated carbocycles. The highest BCUT2D eigenvalue weighted by Gasteiger charge is 2.16. The van der Waals surface area contributed by atoms with E-state index in [4.69, 9.17) is 25.8 Å². The van der Waals surface area contributed by atoms with Gasteiger partial charge in [-0.2, -0.15) is 5.10 Å². The average Bonchev–Trinajstić information content (AvgIpc) is 2.84. The topological polar surface area (TPSA) is 89.4 Å². The average molecular weight is 497 g/mol. The summed E-state index contributed by atoms with van der Waals surface area (Å²) in [7, 11) is 3.09. The first-order valence-corrected chi connectivity index (χ1v) is 11.3. The molecule has 1 amide bonds. The number of methoxy groups -OCH3 is 2. The van der Waals surface area contributed by atoms with E-state index in [0.29, 0.717) is 29.4 Å². The highest BCUT2D eigenvalue weighted by molar-refractivity contribution is 6.32. The molecule has 3 aromatic carbocycles. The van der Waals surface area contributed by atoms with Crippen LogP contribution in [0.1, 0.15) is 43.7 Å². The molecule has 35 heavy (non-hydrogen) atoms. The third-order valence-electron chi connectivity index (χ3n) is 5.95. The summed E-state index contributed by atoms with van der Waals surface area (Å²) in [5.74, 6) is 0.851. The Morgan fingerprint density at radius 3 is 2.26 bits per heavy atom. The number of hydrazone groups is 1. The number of ether oxygens (including phenoxy) is 3. The quantitative estimate of drug-likeness (QED) is 0.311. The molecule has 0 radical (unpaired) electrons. The van der Waals surface area contributed by atoms with Gasteiger partial charge in [-0.15, -0.1) is 0 Å². The SMILES string of the molecule is COc1cc(/C=N/NC(=O)c2ccc(O)c(Cl)c2)cc(OCc2c(C)c(C)cc(C)c2C)c1OC. The number of carbonyl (C=O) groups excluding carboxylic acids is 1. The summed E-state index contributed by atoms with van der Waals surface area (Å²) in [6, 6.07) is 9.83. The standard InChI is InChI=1S/C27H29ClN2O5/c1-15-9-16(2)18(4)21(17(15)3)14-35-25-11-19(10-24(33-5)26(25)34-6)13-29-30-27(32)20-7-8-23(31)22(28)12-20/h7-13,31H,14H2,1-6H3,(H,30,32)/b29-13+. The maximum atomic E-state index is 12.3. The zero-order valence-corrected chi connectivity index (χ0v) is 21.4. The first-order valence-electron chi connectivity index (χ1n) is 10.9. The molecule has 0 saturated heterocycles. The molecule has 0 aliphatic carbocycles. The van der Waals surface area contributed by atoms with Crippen LogP contribution in [0.3, 0.4) is 0 Å². The maximum Gasteiger partial charge on any atom is 0.271 e. The number of nitrogens with zero attached hydrogens (tertiary/aromatic N) is 1. The minimum atomic E-state index is -0.471. The second kappa shape index (κ2) is 11.1. The van der Waals surface area contributed by atoms with Crippen LogP contribution in [-0.2, 0) is 6.61 Å². The number of amides is 1. The number of phenolic OH excluding ortho intramolecular Hbond substituents is 1. The zero-order chi connectivity index (χ0) is 25.7. The van der Waals surface area contributed by atoms with Gasteiger partial charge in [-0.25, -0.2) is 5.43 Å². The molecule has 7 nitrogen and oxygen atoms in total. The number of benzene rings is 3. The fourth-order valence-corrected chi connectivity index (χ4v) is 3.86. The van der Waals surface area contributed by atoms with E-state index in [2.05, 4.69) is 44.3 Å². The highest BCUT2D eigenvalue weighted by Crippen LogP contribution is 2.39. The van der Waals surface area contributed by atoms with Crippen molar-refractivity contribution in [2.24, 2.45) is 5.10 Å². The van der Waals surface area contributed by atoms with E-state index in [9.17, 15) is 9.90 Å². The maximum absolute atomic E-state index is 12.3. The number of nitrogens with one attached hydrogen (secondary N) is 1. The molecule has 0 bridgehead atoms. The van der Waals surface area contributed by atoms with E-state index < -0.39 is 5.91 Å². The Labute approximate surface area is 210 Å². The van der Waals surface area contributed by atoms with Gasteiger partial charge < -0.3 is 19.3 Å². The van der Waals surface area contributed by atoms with Crippen molar-refractivity contribution in [3.8, 4) is 23.0 Å². The molecule has 0 aliphatic heterocycles. The minimum absolute atomic E-state index is 0.0811. The predicted octanol–water partition coefficient (Wildman–Crippen LogP) is 5.64. The molecule has 0 fully saturated rings. The van der Waals surface area contributed by atoms with Gasteiger partial charge in [0, 0.05) is 11.1 Å². The lowest BCUT2D eigenvalue weighted by Gasteiger charge is -2.18. The van der Waals surface area contributed by atoms with Crippen LogP contribution in [-0.4, -0.2) is 31.4 Å². The van der Waals surface area contributed by atoms with Crippen LogP contribution in [0.25, 0.3) is 0 Å². The number of halogens is 1. The van der Waals surface area contributed by atoms with Gasteiger partial charge in [0.1, 0.15) is 12.4 Å². The van der Waals surface area contributed by atoms with Crippen LogP contribution in [0.2, 0.25) is 5.02 Å². The van der Waals surface area contributed by atoms with Gasteiger partial charge in [0.2, 0.25) is 5.75 Å². The number of hydrogen-bond acceptors (Lipinski definition) is 6. The number of hydrogen-bond donors (Lipinski definition) is 2. The van der Waals surface area contributed by atoms with E-state index in [1.165, 1.54) is 53.8 Å². The highest BCUT2D eigenvalue weighted by atomic mass is 35.5. The Morgan fingerprint density at radius 2 is 1.66 bits per heavy atom. The number of aromatic hydroxyl groups is 1. The van der Waals surface area contributed by atoms with Crippen LogP contribution in [0.15, 0.2) is 41.5 Å². The fraction of sp³-hybridized carbons (Fsp3) is 0.259. The van der Waals surface area contributed by atoms with Crippen molar-refractivity contribution in [3.63, 3.8) is 0 Å². The number of carbonyl (C=O) groups is 1. The van der Waals surface area contributed by atoms with Gasteiger partial charge in [-0.3, -0.25) is 4.79 Å². The Morgan fingerprint density at radius 1 is 1.00 bits per heavy atom. The van der Waals surface area contributed by atoms with Gasteiger partial charge in [-0.05, 0) is 85.8 Å². The Balaban J connectivity index is 1.84. The molecular formula is C27H29ClN2O5. The molecule has 0 aromatic heterocycles. The number of phenols is 1. The summed E-state index contributed by atoms with van der Waals surface area (Å²) >= 11 is 5.87. The first-order chi connectivity index (χ1) is 16.7. The van der Waals surface area contributed by atoms with E-state index in [-0.39, 0.29) is 16.3 Å². The van der Waals surface area contributed by atoms with Crippen molar-refractivity contribution >= 4 is 23.7 Å². The van der Waals surface area contributed by atoms with Gasteiger partial charge in [0.15, 0.2) is 11.5 Å². The largest absolute Gasteiger partial charge is 0.506 e. The van der Waals surface area contributed by atoms with E-state index >= 15 is 0 Å². The molecule has 3 aromatic rings. The lowest BCUT2D eigenvalue weighted by atomic mass is 9.95. The van der Waals surface area contributed by atoms with E-state index in [0.717, 1.165) is 5.56 Å². The molecule has 8 heteroatoms. The lowest BCUT2D eigenvalue weighted by molar-refractivity contribution is 0.0955. The van der Waals surface area contributed by atoms with Gasteiger partial charge >= 0.3 is 0 Å². The Bertz CT molecular complexity index is 1260. The molecule has 2 N–H and O–H groups in total. The van der Waals surface area contributed by atoms with Gasteiger partial charge in [0.05, 0.1) is 25.5 Å². The third kappa shape index (κ3) is 5.87. The molecule has 0 atom stereocenters. The fourth-order valence-electron chi connectivity index (χ4n) is 3.67. The van der Waals surface area contributed by atoms with Crippen molar-refractivity contribution in [2.75, 3.05) is 14.2 Å². The minimum Gasteiger partial charge on any atom is -0.506 e. The molecular weight excluding hydrogens is 468 g/mol. The second-order valence-electron chi connectivity index (χ2n) is 8.15. The third-order valence-corrected chi connectivity index (χ3v) is 6.25. The summed E-state index contributed by atoms with van der Waals surface area (Å²) < 4.78 is 17.2. The van der Waals surface area contributed by atoms with Crippen molar-refractivity contribution < 1.29 is 24.1 Å². The number of rotatable bonds is 8. The van der Waals surface area contributed by atoms with Crippen LogP contribution in [0.4, 0.5) is 0 Å². The summed E-state index contributed by atoms with van der Waals surface area (Å²) in [4.78, 5) is 12.3.